The molecule has 2 N–H and O–H groups in total. The van der Waals surface area contributed by atoms with Crippen molar-refractivity contribution in [3.8, 4) is 0 Å². The Morgan fingerprint density at radius 3 is 2.94 bits per heavy atom. The van der Waals surface area contributed by atoms with E-state index < -0.39 is 0 Å². The third-order valence-corrected chi connectivity index (χ3v) is 3.49. The Hall–Kier alpha value is -0.200. The van der Waals surface area contributed by atoms with Crippen LogP contribution in [0.1, 0.15) is 6.42 Å². The number of hydrogen-bond donors (Lipinski definition) is 1. The first-order chi connectivity index (χ1) is 7.83. The van der Waals surface area contributed by atoms with Gasteiger partial charge < -0.3 is 15.2 Å². The van der Waals surface area contributed by atoms with E-state index in [9.17, 15) is 0 Å². The minimum atomic E-state index is 0.237. The van der Waals surface area contributed by atoms with Gasteiger partial charge in [0, 0.05) is 46.4 Å². The topological polar surface area (TPSA) is 51.0 Å². The fourth-order valence-electron chi connectivity index (χ4n) is 2.50. The molecule has 0 spiro atoms. The molecule has 0 saturated carbocycles. The van der Waals surface area contributed by atoms with Crippen molar-refractivity contribution in [2.45, 2.75) is 18.8 Å². The van der Waals surface area contributed by atoms with Crippen molar-refractivity contribution >= 4 is 0 Å². The van der Waals surface area contributed by atoms with Crippen LogP contribution in [-0.2, 0) is 9.47 Å². The fraction of sp³-hybridized carbons (Fsp3) is 1.00. The molecule has 2 aliphatic heterocycles. The molecule has 5 heteroatoms. The van der Waals surface area contributed by atoms with Crippen molar-refractivity contribution in [1.82, 2.24) is 9.80 Å². The van der Waals surface area contributed by atoms with Crippen LogP contribution in [-0.4, -0.2) is 75.1 Å². The fourth-order valence-corrected chi connectivity index (χ4v) is 2.50. The van der Waals surface area contributed by atoms with E-state index in [1.54, 1.807) is 7.11 Å². The molecular formula is C11H23N3O2. The third kappa shape index (κ3) is 2.93. The van der Waals surface area contributed by atoms with E-state index in [1.165, 1.54) is 0 Å². The molecule has 0 radical (unpaired) electrons. The maximum Gasteiger partial charge on any atom is 0.123 e. The number of hydrogen-bond acceptors (Lipinski definition) is 5. The predicted molar refractivity (Wildman–Crippen MR) is 62.2 cm³/mol. The first kappa shape index (κ1) is 12.3. The van der Waals surface area contributed by atoms with Gasteiger partial charge in [-0.2, -0.15) is 0 Å². The van der Waals surface area contributed by atoms with E-state index in [2.05, 4.69) is 9.80 Å². The van der Waals surface area contributed by atoms with Gasteiger partial charge in [-0.1, -0.05) is 0 Å². The van der Waals surface area contributed by atoms with Crippen molar-refractivity contribution in [2.75, 3.05) is 53.0 Å². The molecule has 94 valence electrons. The Labute approximate surface area is 97.5 Å². The standard InChI is InChI=1S/C11H23N3O2/c1-15-10-2-4-14(8-10)11-9-13(5-3-12)6-7-16-11/h10-11H,2-9,12H2,1H3. The molecule has 0 amide bonds. The molecule has 16 heavy (non-hydrogen) atoms. The average Bonchev–Trinajstić information content (AvgIpc) is 2.78. The van der Waals surface area contributed by atoms with Gasteiger partial charge in [0.2, 0.25) is 0 Å². The van der Waals surface area contributed by atoms with Crippen LogP contribution in [0.25, 0.3) is 0 Å². The number of methoxy groups -OCH3 is 1. The minimum Gasteiger partial charge on any atom is -0.380 e. The zero-order valence-electron chi connectivity index (χ0n) is 10.1. The van der Waals surface area contributed by atoms with Crippen molar-refractivity contribution in [3.63, 3.8) is 0 Å². The highest BCUT2D eigenvalue weighted by Crippen LogP contribution is 2.18. The third-order valence-electron chi connectivity index (χ3n) is 3.49. The largest absolute Gasteiger partial charge is 0.380 e. The summed E-state index contributed by atoms with van der Waals surface area (Å²) in [6.45, 7) is 6.59. The molecule has 2 saturated heterocycles. The smallest absolute Gasteiger partial charge is 0.123 e. The second-order valence-electron chi connectivity index (χ2n) is 4.56. The number of nitrogens with zero attached hydrogens (tertiary/aromatic N) is 2. The monoisotopic (exact) mass is 229 g/mol. The molecular weight excluding hydrogens is 206 g/mol. The lowest BCUT2D eigenvalue weighted by atomic mass is 10.3. The van der Waals surface area contributed by atoms with Crippen LogP contribution in [0.5, 0.6) is 0 Å². The van der Waals surface area contributed by atoms with Gasteiger partial charge in [-0.25, -0.2) is 0 Å². The number of nitrogens with two attached hydrogens (primary N) is 1. The lowest BCUT2D eigenvalue weighted by Gasteiger charge is -2.37. The second kappa shape index (κ2) is 5.93. The van der Waals surface area contributed by atoms with E-state index >= 15 is 0 Å². The van der Waals surface area contributed by atoms with Crippen LogP contribution in [0.2, 0.25) is 0 Å². The van der Waals surface area contributed by atoms with Gasteiger partial charge in [-0.15, -0.1) is 0 Å². The number of ether oxygens (including phenoxy) is 2. The summed E-state index contributed by atoms with van der Waals surface area (Å²) >= 11 is 0. The molecule has 2 unspecified atom stereocenters. The molecule has 0 aliphatic carbocycles. The lowest BCUT2D eigenvalue weighted by molar-refractivity contribution is -0.106. The molecule has 2 heterocycles. The molecule has 2 rings (SSSR count). The van der Waals surface area contributed by atoms with E-state index in [1.807, 2.05) is 0 Å². The normalized spacial score (nSPS) is 33.4. The van der Waals surface area contributed by atoms with Crippen molar-refractivity contribution < 1.29 is 9.47 Å². The average molecular weight is 229 g/mol. The highest BCUT2D eigenvalue weighted by Gasteiger charge is 2.31. The van der Waals surface area contributed by atoms with Crippen LogP contribution in [0.4, 0.5) is 0 Å². The van der Waals surface area contributed by atoms with Crippen LogP contribution in [0, 0.1) is 0 Å². The van der Waals surface area contributed by atoms with Crippen LogP contribution in [0.15, 0.2) is 0 Å². The van der Waals surface area contributed by atoms with E-state index in [-0.39, 0.29) is 6.23 Å². The maximum atomic E-state index is 5.82. The number of likely N-dealkylation sites (tertiary alicyclic amines) is 1. The van der Waals surface area contributed by atoms with Crippen molar-refractivity contribution in [3.05, 3.63) is 0 Å². The highest BCUT2D eigenvalue weighted by atomic mass is 16.5. The Balaban J connectivity index is 1.80. The van der Waals surface area contributed by atoms with Gasteiger partial charge in [-0.05, 0) is 6.42 Å². The molecule has 2 aliphatic rings. The van der Waals surface area contributed by atoms with Crippen LogP contribution in [0.3, 0.4) is 0 Å². The van der Waals surface area contributed by atoms with Crippen molar-refractivity contribution in [2.24, 2.45) is 5.73 Å². The number of rotatable bonds is 4. The first-order valence-corrected chi connectivity index (χ1v) is 6.14. The summed E-state index contributed by atoms with van der Waals surface area (Å²) in [7, 11) is 1.79. The van der Waals surface area contributed by atoms with Gasteiger partial charge in [0.25, 0.3) is 0 Å². The van der Waals surface area contributed by atoms with Gasteiger partial charge >= 0.3 is 0 Å². The zero-order valence-corrected chi connectivity index (χ0v) is 10.1. The summed E-state index contributed by atoms with van der Waals surface area (Å²) in [6, 6.07) is 0. The molecule has 0 bridgehead atoms. The summed E-state index contributed by atoms with van der Waals surface area (Å²) in [5.41, 5.74) is 5.59. The van der Waals surface area contributed by atoms with Gasteiger partial charge in [0.05, 0.1) is 12.7 Å². The van der Waals surface area contributed by atoms with Crippen LogP contribution >= 0.6 is 0 Å². The Bertz CT molecular complexity index is 213. The van der Waals surface area contributed by atoms with E-state index in [0.29, 0.717) is 6.10 Å². The number of morpholine rings is 1. The first-order valence-electron chi connectivity index (χ1n) is 6.14. The molecule has 0 aromatic rings. The Morgan fingerprint density at radius 2 is 2.25 bits per heavy atom. The van der Waals surface area contributed by atoms with Gasteiger partial charge in [0.1, 0.15) is 6.23 Å². The Kier molecular flexibility index (Phi) is 4.55. The molecule has 0 aromatic carbocycles. The predicted octanol–water partition coefficient (Wildman–Crippen LogP) is -0.676. The summed E-state index contributed by atoms with van der Waals surface area (Å²) in [6.07, 6.45) is 1.74. The minimum absolute atomic E-state index is 0.237. The molecule has 2 fully saturated rings. The lowest BCUT2D eigenvalue weighted by Crippen LogP contribution is -2.51. The summed E-state index contributed by atoms with van der Waals surface area (Å²) in [5, 5.41) is 0. The summed E-state index contributed by atoms with van der Waals surface area (Å²) < 4.78 is 11.2. The summed E-state index contributed by atoms with van der Waals surface area (Å²) in [5.74, 6) is 0. The molecule has 2 atom stereocenters. The molecule has 0 aromatic heterocycles. The van der Waals surface area contributed by atoms with Crippen molar-refractivity contribution in [1.29, 1.82) is 0 Å². The Morgan fingerprint density at radius 1 is 1.38 bits per heavy atom. The highest BCUT2D eigenvalue weighted by molar-refractivity contribution is 4.81. The summed E-state index contributed by atoms with van der Waals surface area (Å²) in [4.78, 5) is 4.77. The SMILES string of the molecule is COC1CCN(C2CN(CCN)CCO2)C1. The quantitative estimate of drug-likeness (QED) is 0.692. The van der Waals surface area contributed by atoms with E-state index in [0.717, 1.165) is 52.3 Å². The molecule has 5 nitrogen and oxygen atoms in total. The van der Waals surface area contributed by atoms with Gasteiger partial charge in [0.15, 0.2) is 0 Å². The van der Waals surface area contributed by atoms with Gasteiger partial charge in [-0.3, -0.25) is 9.80 Å². The van der Waals surface area contributed by atoms with E-state index in [4.69, 9.17) is 15.2 Å². The second-order valence-corrected chi connectivity index (χ2v) is 4.56. The maximum absolute atomic E-state index is 5.82. The van der Waals surface area contributed by atoms with Crippen LogP contribution < -0.4 is 5.73 Å². The zero-order chi connectivity index (χ0) is 11.4.